The maximum atomic E-state index is 13.1. The minimum absolute atomic E-state index is 0.00570. The molecule has 62 heavy (non-hydrogen) atoms. The Bertz CT molecular complexity index is 1330. The fourth-order valence-electron chi connectivity index (χ4n) is 7.23. The molecule has 368 valence electrons. The van der Waals surface area contributed by atoms with Crippen molar-refractivity contribution in [1.82, 2.24) is 0 Å². The second kappa shape index (κ2) is 33.6. The molecular formula is C40H79O19P3. The van der Waals surface area contributed by atoms with Crippen molar-refractivity contribution < 1.29 is 90.6 Å². The molecule has 0 aromatic rings. The first kappa shape index (κ1) is 59.2. The van der Waals surface area contributed by atoms with Gasteiger partial charge in [-0.3, -0.25) is 27.7 Å². The van der Waals surface area contributed by atoms with Crippen LogP contribution in [0.15, 0.2) is 0 Å². The zero-order chi connectivity index (χ0) is 46.4. The van der Waals surface area contributed by atoms with Crippen LogP contribution in [0.25, 0.3) is 0 Å². The van der Waals surface area contributed by atoms with Crippen LogP contribution in [0, 0.1) is 0 Å². The Morgan fingerprint density at radius 1 is 0.452 bits per heavy atom. The highest BCUT2D eigenvalue weighted by Crippen LogP contribution is 2.51. The molecule has 0 amide bonds. The van der Waals surface area contributed by atoms with Crippen LogP contribution in [-0.4, -0.2) is 108 Å². The number of carbonyl (C=O) groups excluding carboxylic acids is 2. The molecule has 0 bridgehead atoms. The van der Waals surface area contributed by atoms with Crippen LogP contribution in [0.1, 0.15) is 187 Å². The van der Waals surface area contributed by atoms with Crippen molar-refractivity contribution in [2.24, 2.45) is 0 Å². The molecule has 1 rings (SSSR count). The van der Waals surface area contributed by atoms with E-state index in [1.807, 2.05) is 0 Å². The molecule has 0 aliphatic heterocycles. The minimum Gasteiger partial charge on any atom is -0.462 e. The summed E-state index contributed by atoms with van der Waals surface area (Å²) in [5.41, 5.74) is 0. The van der Waals surface area contributed by atoms with Crippen LogP contribution in [-0.2, 0) is 50.9 Å². The maximum absolute atomic E-state index is 13.1. The number of aliphatic hydroxyl groups is 3. The highest BCUT2D eigenvalue weighted by Gasteiger charge is 2.56. The molecule has 0 saturated heterocycles. The van der Waals surface area contributed by atoms with E-state index < -0.39 is 91.3 Å². The van der Waals surface area contributed by atoms with Crippen LogP contribution in [0.2, 0.25) is 0 Å². The van der Waals surface area contributed by atoms with Crippen molar-refractivity contribution in [1.29, 1.82) is 0 Å². The maximum Gasteiger partial charge on any atom is 0.472 e. The first-order valence-electron chi connectivity index (χ1n) is 22.8. The van der Waals surface area contributed by atoms with E-state index in [0.717, 1.165) is 64.2 Å². The first-order valence-corrected chi connectivity index (χ1v) is 27.4. The lowest BCUT2D eigenvalue weighted by Gasteiger charge is -2.44. The molecule has 0 aromatic carbocycles. The Hall–Kier alpha value is -0.850. The highest BCUT2D eigenvalue weighted by atomic mass is 31.2. The topological polar surface area (TPSA) is 303 Å². The van der Waals surface area contributed by atoms with Crippen molar-refractivity contribution in [3.05, 3.63) is 0 Å². The van der Waals surface area contributed by atoms with E-state index in [4.69, 9.17) is 18.5 Å². The van der Waals surface area contributed by atoms with Gasteiger partial charge in [-0.1, -0.05) is 162 Å². The van der Waals surface area contributed by atoms with Gasteiger partial charge in [0.05, 0.1) is 6.61 Å². The summed E-state index contributed by atoms with van der Waals surface area (Å²) in [5.74, 6) is -1.29. The molecule has 1 unspecified atom stereocenters. The van der Waals surface area contributed by atoms with Gasteiger partial charge in [-0.25, -0.2) is 13.7 Å². The Balaban J connectivity index is 2.70. The fourth-order valence-corrected chi connectivity index (χ4v) is 9.33. The minimum atomic E-state index is -5.59. The number of aliphatic hydroxyl groups excluding tert-OH is 3. The number of phosphoric acid groups is 3. The SMILES string of the molecule is CCCCCCCCCCCCCCCCCCCC(=O)O[C@H](COC(=O)CCCCCCCCCC)COP(=O)(O)O[C@@H]1[C@H](O)[C@H](O)[C@@H](OP(=O)(O)O)[C@H](OP(=O)(O)O)[C@H]1O. The van der Waals surface area contributed by atoms with Gasteiger partial charge in [0.25, 0.3) is 0 Å². The van der Waals surface area contributed by atoms with Crippen molar-refractivity contribution in [3.8, 4) is 0 Å². The Labute approximate surface area is 368 Å². The summed E-state index contributed by atoms with van der Waals surface area (Å²) in [6, 6.07) is 0. The van der Waals surface area contributed by atoms with Gasteiger partial charge in [-0.2, -0.15) is 0 Å². The molecule has 0 spiro atoms. The summed E-state index contributed by atoms with van der Waals surface area (Å²) in [5, 5.41) is 31.8. The summed E-state index contributed by atoms with van der Waals surface area (Å²) in [6.07, 6.45) is 11.6. The molecule has 1 aliphatic carbocycles. The summed E-state index contributed by atoms with van der Waals surface area (Å²) < 4.78 is 65.3. The van der Waals surface area contributed by atoms with Crippen LogP contribution >= 0.6 is 23.5 Å². The molecule has 1 saturated carbocycles. The monoisotopic (exact) mass is 956 g/mol. The summed E-state index contributed by atoms with van der Waals surface area (Å²) >= 11 is 0. The number of rotatable bonds is 39. The molecule has 0 heterocycles. The van der Waals surface area contributed by atoms with Gasteiger partial charge < -0.3 is 49.3 Å². The van der Waals surface area contributed by atoms with Crippen LogP contribution < -0.4 is 0 Å². The van der Waals surface area contributed by atoms with Crippen LogP contribution in [0.3, 0.4) is 0 Å². The predicted octanol–water partition coefficient (Wildman–Crippen LogP) is 7.57. The van der Waals surface area contributed by atoms with Crippen LogP contribution in [0.4, 0.5) is 0 Å². The predicted molar refractivity (Wildman–Crippen MR) is 229 cm³/mol. The van der Waals surface area contributed by atoms with E-state index in [2.05, 4.69) is 22.9 Å². The second-order valence-corrected chi connectivity index (χ2v) is 20.1. The second-order valence-electron chi connectivity index (χ2n) is 16.4. The highest BCUT2D eigenvalue weighted by molar-refractivity contribution is 7.47. The van der Waals surface area contributed by atoms with Gasteiger partial charge in [-0.05, 0) is 12.8 Å². The Morgan fingerprint density at radius 3 is 1.18 bits per heavy atom. The van der Waals surface area contributed by atoms with Crippen molar-refractivity contribution in [3.63, 3.8) is 0 Å². The van der Waals surface area contributed by atoms with E-state index in [1.54, 1.807) is 0 Å². The number of hydrogen-bond acceptors (Lipinski definition) is 14. The molecular weight excluding hydrogens is 877 g/mol. The van der Waals surface area contributed by atoms with Gasteiger partial charge in [0.2, 0.25) is 0 Å². The van der Waals surface area contributed by atoms with Gasteiger partial charge in [0.1, 0.15) is 43.2 Å². The number of carbonyl (C=O) groups is 2. The number of hydrogen-bond donors (Lipinski definition) is 8. The zero-order valence-corrected chi connectivity index (χ0v) is 39.6. The molecule has 8 atom stereocenters. The first-order chi connectivity index (χ1) is 29.3. The van der Waals surface area contributed by atoms with E-state index in [1.165, 1.54) is 83.5 Å². The van der Waals surface area contributed by atoms with E-state index in [9.17, 15) is 63.1 Å². The van der Waals surface area contributed by atoms with Gasteiger partial charge in [0, 0.05) is 12.8 Å². The Morgan fingerprint density at radius 2 is 0.790 bits per heavy atom. The normalized spacial score (nSPS) is 22.3. The van der Waals surface area contributed by atoms with Crippen LogP contribution in [0.5, 0.6) is 0 Å². The molecule has 8 N–H and O–H groups in total. The Kier molecular flexibility index (Phi) is 32.1. The molecule has 19 nitrogen and oxygen atoms in total. The van der Waals surface area contributed by atoms with Gasteiger partial charge >= 0.3 is 35.4 Å². The largest absolute Gasteiger partial charge is 0.472 e. The third-order valence-corrected chi connectivity index (χ3v) is 12.7. The molecule has 0 aromatic heterocycles. The third kappa shape index (κ3) is 29.6. The summed E-state index contributed by atoms with van der Waals surface area (Å²) in [6.45, 7) is 2.90. The molecule has 0 radical (unpaired) electrons. The van der Waals surface area contributed by atoms with E-state index >= 15 is 0 Å². The lowest BCUT2D eigenvalue weighted by Crippen LogP contribution is -2.65. The van der Waals surface area contributed by atoms with E-state index in [-0.39, 0.29) is 12.8 Å². The molecule has 1 fully saturated rings. The zero-order valence-electron chi connectivity index (χ0n) is 37.0. The standard InChI is InChI=1S/C40H79O19P3/c1-3-5-7-9-11-13-14-15-16-17-18-19-20-21-23-25-27-29-34(42)56-32(30-54-33(41)28-26-24-22-12-10-8-6-4-2)31-55-62(52,53)59-38-35(43)36(44)39(57-60(46,47)48)40(37(38)45)58-61(49,50)51/h32,35-40,43-45H,3-31H2,1-2H3,(H,52,53)(H2,46,47,48)(H2,49,50,51)/t32-,35-,36+,37+,38-,39-,40-/m1/s1. The van der Waals surface area contributed by atoms with Crippen molar-refractivity contribution >= 4 is 35.4 Å². The van der Waals surface area contributed by atoms with Gasteiger partial charge in [-0.15, -0.1) is 0 Å². The lowest BCUT2D eigenvalue weighted by atomic mass is 9.85. The average molecular weight is 957 g/mol. The van der Waals surface area contributed by atoms with Crippen molar-refractivity contribution in [2.45, 2.75) is 230 Å². The van der Waals surface area contributed by atoms with Crippen molar-refractivity contribution in [2.75, 3.05) is 13.2 Å². The number of phosphoric ester groups is 3. The summed E-state index contributed by atoms with van der Waals surface area (Å²) in [4.78, 5) is 72.9. The fraction of sp³-hybridized carbons (Fsp3) is 0.950. The molecule has 1 aliphatic rings. The van der Waals surface area contributed by atoms with E-state index in [0.29, 0.717) is 12.8 Å². The third-order valence-electron chi connectivity index (χ3n) is 10.7. The lowest BCUT2D eigenvalue weighted by molar-refractivity contribution is -0.213. The number of unbranched alkanes of at least 4 members (excludes halogenated alkanes) is 23. The number of esters is 2. The molecule has 22 heteroatoms. The average Bonchev–Trinajstić information content (AvgIpc) is 3.19. The summed E-state index contributed by atoms with van der Waals surface area (Å²) in [7, 11) is -16.6. The quantitative estimate of drug-likeness (QED) is 0.0167. The smallest absolute Gasteiger partial charge is 0.462 e. The number of ether oxygens (including phenoxy) is 2. The van der Waals surface area contributed by atoms with Gasteiger partial charge in [0.15, 0.2) is 6.10 Å².